The zero-order valence-corrected chi connectivity index (χ0v) is 15.6. The molecule has 2 heteroatoms. The molecule has 0 saturated carbocycles. The van der Waals surface area contributed by atoms with E-state index >= 15 is 0 Å². The molecule has 0 unspecified atom stereocenters. The molecule has 1 aromatic carbocycles. The molecule has 135 valence electrons. The maximum Gasteiger partial charge on any atom is 0.224 e. The molecule has 0 aromatic heterocycles. The number of benzene rings is 1. The maximum absolute atomic E-state index is 11.8. The van der Waals surface area contributed by atoms with E-state index in [0.717, 1.165) is 12.1 Å². The highest BCUT2D eigenvalue weighted by molar-refractivity contribution is 5.90. The van der Waals surface area contributed by atoms with Crippen molar-refractivity contribution in [1.29, 1.82) is 0 Å². The number of amides is 1. The van der Waals surface area contributed by atoms with Crippen molar-refractivity contribution in [3.8, 4) is 0 Å². The van der Waals surface area contributed by atoms with Gasteiger partial charge in [-0.15, -0.1) is 0 Å². The Labute approximate surface area is 149 Å². The molecule has 0 spiro atoms. The van der Waals surface area contributed by atoms with Crippen LogP contribution >= 0.6 is 0 Å². The van der Waals surface area contributed by atoms with Crippen molar-refractivity contribution >= 4 is 11.6 Å². The van der Waals surface area contributed by atoms with Gasteiger partial charge in [0.15, 0.2) is 0 Å². The maximum atomic E-state index is 11.8. The van der Waals surface area contributed by atoms with Crippen LogP contribution in [-0.2, 0) is 4.79 Å². The monoisotopic (exact) mass is 330 g/mol. The van der Waals surface area contributed by atoms with Crippen LogP contribution in [0.5, 0.6) is 0 Å². The van der Waals surface area contributed by atoms with Crippen molar-refractivity contribution in [1.82, 2.24) is 0 Å². The summed E-state index contributed by atoms with van der Waals surface area (Å²) in [7, 11) is 0. The number of nitrogens with one attached hydrogen (secondary N) is 1. The van der Waals surface area contributed by atoms with Gasteiger partial charge in [0.1, 0.15) is 0 Å². The van der Waals surface area contributed by atoms with E-state index in [1.54, 1.807) is 0 Å². The molecular formula is C22H36NO. The van der Waals surface area contributed by atoms with Gasteiger partial charge in [0.05, 0.1) is 0 Å². The van der Waals surface area contributed by atoms with E-state index in [1.807, 2.05) is 24.3 Å². The van der Waals surface area contributed by atoms with Crippen LogP contribution in [0.1, 0.15) is 96.8 Å². The Morgan fingerprint density at radius 2 is 1.42 bits per heavy atom. The molecule has 24 heavy (non-hydrogen) atoms. The number of hydrogen-bond donors (Lipinski definition) is 1. The van der Waals surface area contributed by atoms with Gasteiger partial charge in [0.25, 0.3) is 0 Å². The molecule has 1 N–H and O–H groups in total. The van der Waals surface area contributed by atoms with E-state index in [4.69, 9.17) is 0 Å². The van der Waals surface area contributed by atoms with Crippen LogP contribution in [0.25, 0.3) is 0 Å². The predicted molar refractivity (Wildman–Crippen MR) is 104 cm³/mol. The fraction of sp³-hybridized carbons (Fsp3) is 0.682. The third-order valence-corrected chi connectivity index (χ3v) is 4.50. The molecule has 0 aliphatic carbocycles. The van der Waals surface area contributed by atoms with Gasteiger partial charge < -0.3 is 5.32 Å². The Kier molecular flexibility index (Phi) is 13.2. The highest BCUT2D eigenvalue weighted by atomic mass is 16.1. The topological polar surface area (TPSA) is 29.1 Å². The molecule has 2 nitrogen and oxygen atoms in total. The van der Waals surface area contributed by atoms with Crippen LogP contribution in [-0.4, -0.2) is 5.91 Å². The molecule has 1 rings (SSSR count). The fourth-order valence-corrected chi connectivity index (χ4v) is 3.00. The van der Waals surface area contributed by atoms with Crippen molar-refractivity contribution in [3.63, 3.8) is 0 Å². The summed E-state index contributed by atoms with van der Waals surface area (Å²) in [6.07, 6.45) is 18.0. The lowest BCUT2D eigenvalue weighted by molar-refractivity contribution is -0.116. The van der Waals surface area contributed by atoms with Crippen molar-refractivity contribution < 1.29 is 4.79 Å². The normalized spacial score (nSPS) is 10.7. The summed E-state index contributed by atoms with van der Waals surface area (Å²) in [5.74, 6) is 0.123. The highest BCUT2D eigenvalue weighted by Gasteiger charge is 2.01. The standard InChI is InChI=1S/C22H36NO/c1-2-3-4-5-6-7-8-9-10-11-12-13-17-20-22(24)23-21-18-15-14-16-19-21/h14-15,18-19H,2-13,17,20H2,1H3,(H,23,24). The minimum Gasteiger partial charge on any atom is -0.326 e. The van der Waals surface area contributed by atoms with Crippen molar-refractivity contribution in [2.75, 3.05) is 5.32 Å². The Bertz CT molecular complexity index is 402. The minimum atomic E-state index is 0.123. The number of hydrogen-bond acceptors (Lipinski definition) is 1. The lowest BCUT2D eigenvalue weighted by Gasteiger charge is -2.05. The first-order valence-electron chi connectivity index (χ1n) is 10.1. The van der Waals surface area contributed by atoms with E-state index in [-0.39, 0.29) is 5.91 Å². The summed E-state index contributed by atoms with van der Waals surface area (Å²) in [5, 5.41) is 2.92. The summed E-state index contributed by atoms with van der Waals surface area (Å²) in [6, 6.07) is 10.4. The summed E-state index contributed by atoms with van der Waals surface area (Å²) in [5.41, 5.74) is 0.845. The largest absolute Gasteiger partial charge is 0.326 e. The van der Waals surface area contributed by atoms with E-state index in [2.05, 4.69) is 18.3 Å². The molecule has 1 radical (unpaired) electrons. The molecule has 0 bridgehead atoms. The summed E-state index contributed by atoms with van der Waals surface area (Å²) in [4.78, 5) is 11.8. The average molecular weight is 331 g/mol. The molecule has 0 saturated heterocycles. The van der Waals surface area contributed by atoms with Gasteiger partial charge in [-0.05, 0) is 24.6 Å². The second-order valence-corrected chi connectivity index (χ2v) is 6.83. The predicted octanol–water partition coefficient (Wildman–Crippen LogP) is 6.91. The van der Waals surface area contributed by atoms with E-state index in [1.165, 1.54) is 77.0 Å². The second-order valence-electron chi connectivity index (χ2n) is 6.83. The molecule has 0 aliphatic heterocycles. The number of carbonyl (C=O) groups is 1. The van der Waals surface area contributed by atoms with Crippen molar-refractivity contribution in [2.45, 2.75) is 96.8 Å². The zero-order valence-electron chi connectivity index (χ0n) is 15.6. The molecule has 0 atom stereocenters. The summed E-state index contributed by atoms with van der Waals surface area (Å²) in [6.45, 7) is 2.27. The SMILES string of the molecule is CCCCCCCCCCCCCCCC(=O)Nc1c[c]ccc1. The van der Waals surface area contributed by atoms with Gasteiger partial charge in [-0.1, -0.05) is 96.1 Å². The summed E-state index contributed by atoms with van der Waals surface area (Å²) >= 11 is 0. The lowest BCUT2D eigenvalue weighted by atomic mass is 10.0. The Balaban J connectivity index is 1.81. The van der Waals surface area contributed by atoms with Crippen molar-refractivity contribution in [3.05, 3.63) is 30.3 Å². The van der Waals surface area contributed by atoms with Gasteiger partial charge in [-0.25, -0.2) is 0 Å². The van der Waals surface area contributed by atoms with Crippen LogP contribution in [0.2, 0.25) is 0 Å². The molecular weight excluding hydrogens is 294 g/mol. The smallest absolute Gasteiger partial charge is 0.224 e. The Morgan fingerprint density at radius 3 is 1.92 bits per heavy atom. The summed E-state index contributed by atoms with van der Waals surface area (Å²) < 4.78 is 0. The van der Waals surface area contributed by atoms with Crippen LogP contribution in [0, 0.1) is 6.07 Å². The second kappa shape index (κ2) is 15.2. The molecule has 1 aromatic rings. The first-order valence-corrected chi connectivity index (χ1v) is 10.1. The van der Waals surface area contributed by atoms with Crippen LogP contribution in [0.15, 0.2) is 24.3 Å². The Morgan fingerprint density at radius 1 is 0.875 bits per heavy atom. The van der Waals surface area contributed by atoms with E-state index < -0.39 is 0 Å². The van der Waals surface area contributed by atoms with Crippen LogP contribution in [0.3, 0.4) is 0 Å². The number of rotatable bonds is 15. The van der Waals surface area contributed by atoms with E-state index in [0.29, 0.717) is 6.42 Å². The first-order chi connectivity index (χ1) is 11.8. The number of anilines is 1. The van der Waals surface area contributed by atoms with Crippen LogP contribution < -0.4 is 5.32 Å². The number of carbonyl (C=O) groups excluding carboxylic acids is 1. The zero-order chi connectivity index (χ0) is 17.3. The quantitative estimate of drug-likeness (QED) is 0.348. The third kappa shape index (κ3) is 12.2. The number of unbranched alkanes of at least 4 members (excludes halogenated alkanes) is 12. The Hall–Kier alpha value is -1.31. The lowest BCUT2D eigenvalue weighted by Crippen LogP contribution is -2.10. The third-order valence-electron chi connectivity index (χ3n) is 4.50. The fourth-order valence-electron chi connectivity index (χ4n) is 3.00. The van der Waals surface area contributed by atoms with Gasteiger partial charge in [0.2, 0.25) is 5.91 Å². The van der Waals surface area contributed by atoms with Gasteiger partial charge in [0, 0.05) is 12.1 Å². The van der Waals surface area contributed by atoms with Gasteiger partial charge in [-0.3, -0.25) is 4.79 Å². The van der Waals surface area contributed by atoms with Crippen molar-refractivity contribution in [2.24, 2.45) is 0 Å². The van der Waals surface area contributed by atoms with Crippen LogP contribution in [0.4, 0.5) is 5.69 Å². The van der Waals surface area contributed by atoms with E-state index in [9.17, 15) is 4.79 Å². The molecule has 1 amide bonds. The molecule has 0 aliphatic rings. The van der Waals surface area contributed by atoms with Gasteiger partial charge in [-0.2, -0.15) is 0 Å². The van der Waals surface area contributed by atoms with Gasteiger partial charge >= 0.3 is 0 Å². The molecule has 0 fully saturated rings. The first kappa shape index (κ1) is 20.7. The highest BCUT2D eigenvalue weighted by Crippen LogP contribution is 2.13. The average Bonchev–Trinajstić information content (AvgIpc) is 2.60. The molecule has 0 heterocycles. The minimum absolute atomic E-state index is 0.123.